The van der Waals surface area contributed by atoms with Crippen LogP contribution >= 0.6 is 0 Å². The lowest BCUT2D eigenvalue weighted by molar-refractivity contribution is -0.139. The van der Waals surface area contributed by atoms with Crippen LogP contribution in [0, 0.1) is 0 Å². The van der Waals surface area contributed by atoms with Crippen LogP contribution in [0.5, 0.6) is 0 Å². The number of aromatic amines is 1. The van der Waals surface area contributed by atoms with Gasteiger partial charge < -0.3 is 20.7 Å². The highest BCUT2D eigenvalue weighted by Crippen LogP contribution is 2.05. The molecule has 2 unspecified atom stereocenters. The molecule has 10 heteroatoms. The molecule has 1 heterocycles. The molecular weight excluding hydrogens is 300 g/mol. The number of aliphatic carboxylic acids is 1. The second-order valence-electron chi connectivity index (χ2n) is 4.62. The number of nitrogens with one attached hydrogen (secondary N) is 3. The summed E-state index contributed by atoms with van der Waals surface area (Å²) in [6.07, 6.45) is 3.93. The number of carbonyl (C=O) groups excluding carboxylic acids is 1. The van der Waals surface area contributed by atoms with Crippen LogP contribution in [0.3, 0.4) is 0 Å². The van der Waals surface area contributed by atoms with Crippen LogP contribution in [0.1, 0.15) is 25.2 Å². The van der Waals surface area contributed by atoms with E-state index in [-0.39, 0.29) is 12.2 Å². The van der Waals surface area contributed by atoms with Gasteiger partial charge in [-0.25, -0.2) is 23.0 Å². The number of sulfone groups is 1. The molecule has 0 saturated heterocycles. The summed E-state index contributed by atoms with van der Waals surface area (Å²) in [5, 5.41) is 13.7. The van der Waals surface area contributed by atoms with E-state index in [0.717, 1.165) is 6.26 Å². The van der Waals surface area contributed by atoms with Gasteiger partial charge in [0, 0.05) is 18.6 Å². The van der Waals surface area contributed by atoms with E-state index in [0.29, 0.717) is 5.82 Å². The number of nitrogens with zero attached hydrogens (tertiary/aromatic N) is 1. The number of hydrogen-bond donors (Lipinski definition) is 4. The summed E-state index contributed by atoms with van der Waals surface area (Å²) in [5.41, 5.74) is 0. The SMILES string of the molecule is CC(NC(=O)NC(CCS(C)(=O)=O)C(=O)O)c1ncc[nH]1. The second kappa shape index (κ2) is 7.07. The van der Waals surface area contributed by atoms with Gasteiger partial charge in [0.15, 0.2) is 0 Å². The van der Waals surface area contributed by atoms with Crippen molar-refractivity contribution in [1.82, 2.24) is 20.6 Å². The Morgan fingerprint density at radius 1 is 1.43 bits per heavy atom. The van der Waals surface area contributed by atoms with Gasteiger partial charge in [-0.2, -0.15) is 0 Å². The maximum atomic E-state index is 11.7. The van der Waals surface area contributed by atoms with Crippen LogP contribution < -0.4 is 10.6 Å². The number of aromatic nitrogens is 2. The Balaban J connectivity index is 2.54. The lowest BCUT2D eigenvalue weighted by atomic mass is 10.2. The molecule has 0 saturated carbocycles. The fraction of sp³-hybridized carbons (Fsp3) is 0.545. The average Bonchev–Trinajstić information content (AvgIpc) is 2.86. The molecule has 0 radical (unpaired) electrons. The zero-order valence-electron chi connectivity index (χ0n) is 11.7. The van der Waals surface area contributed by atoms with Crippen molar-refractivity contribution >= 4 is 21.8 Å². The van der Waals surface area contributed by atoms with Crippen molar-refractivity contribution in [3.63, 3.8) is 0 Å². The van der Waals surface area contributed by atoms with Gasteiger partial charge in [0.05, 0.1) is 11.8 Å². The zero-order chi connectivity index (χ0) is 16.0. The molecule has 9 nitrogen and oxygen atoms in total. The minimum Gasteiger partial charge on any atom is -0.480 e. The largest absolute Gasteiger partial charge is 0.480 e. The third-order valence-electron chi connectivity index (χ3n) is 2.66. The minimum absolute atomic E-state index is 0.198. The highest BCUT2D eigenvalue weighted by molar-refractivity contribution is 7.90. The standard InChI is InChI=1S/C11H18N4O5S/c1-7(9-12-4-5-13-9)14-11(18)15-8(10(16)17)3-6-21(2,19)20/h4-5,7-8H,3,6H2,1-2H3,(H,12,13)(H,16,17)(H2,14,15,18). The van der Waals surface area contributed by atoms with E-state index < -0.39 is 33.9 Å². The average molecular weight is 318 g/mol. The van der Waals surface area contributed by atoms with Crippen molar-refractivity contribution in [2.75, 3.05) is 12.0 Å². The molecule has 0 aromatic carbocycles. The smallest absolute Gasteiger partial charge is 0.326 e. The lowest BCUT2D eigenvalue weighted by Crippen LogP contribution is -2.47. The van der Waals surface area contributed by atoms with Gasteiger partial charge in [-0.05, 0) is 13.3 Å². The van der Waals surface area contributed by atoms with Gasteiger partial charge in [0.1, 0.15) is 21.7 Å². The Bertz CT molecular complexity index is 584. The molecule has 4 N–H and O–H groups in total. The molecular formula is C11H18N4O5S. The van der Waals surface area contributed by atoms with Gasteiger partial charge in [-0.1, -0.05) is 0 Å². The molecule has 0 bridgehead atoms. The van der Waals surface area contributed by atoms with Crippen molar-refractivity contribution in [1.29, 1.82) is 0 Å². The maximum absolute atomic E-state index is 11.7. The van der Waals surface area contributed by atoms with Gasteiger partial charge in [-0.3, -0.25) is 0 Å². The molecule has 0 spiro atoms. The minimum atomic E-state index is -3.30. The van der Waals surface area contributed by atoms with Crippen molar-refractivity contribution in [3.05, 3.63) is 18.2 Å². The number of carboxylic acids is 1. The molecule has 0 aliphatic carbocycles. The molecule has 2 atom stereocenters. The number of rotatable bonds is 7. The Kier molecular flexibility index (Phi) is 5.70. The summed E-state index contributed by atoms with van der Waals surface area (Å²) in [5.74, 6) is -1.09. The topological polar surface area (TPSA) is 141 Å². The number of H-pyrrole nitrogens is 1. The monoisotopic (exact) mass is 318 g/mol. The molecule has 2 amide bonds. The predicted octanol–water partition coefficient (Wildman–Crippen LogP) is -0.342. The molecule has 1 aromatic heterocycles. The van der Waals surface area contributed by atoms with Crippen LogP contribution in [0.25, 0.3) is 0 Å². The number of hydrogen-bond acceptors (Lipinski definition) is 5. The van der Waals surface area contributed by atoms with E-state index in [1.54, 1.807) is 13.1 Å². The van der Waals surface area contributed by atoms with Crippen LogP contribution in [0.4, 0.5) is 4.79 Å². The Hall–Kier alpha value is -2.10. The first kappa shape index (κ1) is 17.0. The molecule has 0 fully saturated rings. The van der Waals surface area contributed by atoms with E-state index >= 15 is 0 Å². The second-order valence-corrected chi connectivity index (χ2v) is 6.88. The predicted molar refractivity (Wildman–Crippen MR) is 74.4 cm³/mol. The number of imidazole rings is 1. The molecule has 1 aromatic rings. The highest BCUT2D eigenvalue weighted by atomic mass is 32.2. The van der Waals surface area contributed by atoms with Crippen LogP contribution in [0.2, 0.25) is 0 Å². The van der Waals surface area contributed by atoms with E-state index in [1.807, 2.05) is 0 Å². The lowest BCUT2D eigenvalue weighted by Gasteiger charge is -2.17. The Morgan fingerprint density at radius 2 is 2.10 bits per heavy atom. The first-order valence-electron chi connectivity index (χ1n) is 6.16. The van der Waals surface area contributed by atoms with Crippen molar-refractivity contribution in [2.45, 2.75) is 25.4 Å². The van der Waals surface area contributed by atoms with Crippen LogP contribution in [0.15, 0.2) is 12.4 Å². The fourth-order valence-corrected chi connectivity index (χ4v) is 2.23. The van der Waals surface area contributed by atoms with Crippen LogP contribution in [-0.4, -0.2) is 53.5 Å². The summed E-state index contributed by atoms with van der Waals surface area (Å²) in [6, 6.07) is -2.42. The maximum Gasteiger partial charge on any atom is 0.326 e. The van der Waals surface area contributed by atoms with E-state index in [9.17, 15) is 18.0 Å². The summed E-state index contributed by atoms with van der Waals surface area (Å²) >= 11 is 0. The first-order chi connectivity index (χ1) is 9.69. The summed E-state index contributed by atoms with van der Waals surface area (Å²) < 4.78 is 22.1. The molecule has 0 aliphatic heterocycles. The van der Waals surface area contributed by atoms with Crippen LogP contribution in [-0.2, 0) is 14.6 Å². The van der Waals surface area contributed by atoms with Gasteiger partial charge in [-0.15, -0.1) is 0 Å². The summed E-state index contributed by atoms with van der Waals surface area (Å²) in [6.45, 7) is 1.67. The molecule has 0 aliphatic rings. The fourth-order valence-electron chi connectivity index (χ4n) is 1.57. The van der Waals surface area contributed by atoms with E-state index in [1.165, 1.54) is 6.20 Å². The quantitative estimate of drug-likeness (QED) is 0.542. The van der Waals surface area contributed by atoms with E-state index in [4.69, 9.17) is 5.11 Å². The molecule has 1 rings (SSSR count). The molecule has 118 valence electrons. The van der Waals surface area contributed by atoms with Gasteiger partial charge >= 0.3 is 12.0 Å². The van der Waals surface area contributed by atoms with Crippen molar-refractivity contribution in [2.24, 2.45) is 0 Å². The Labute approximate surface area is 122 Å². The zero-order valence-corrected chi connectivity index (χ0v) is 12.5. The first-order valence-corrected chi connectivity index (χ1v) is 8.22. The number of carboxylic acid groups (broad SMARTS) is 1. The Morgan fingerprint density at radius 3 is 2.57 bits per heavy atom. The van der Waals surface area contributed by atoms with Crippen molar-refractivity contribution < 1.29 is 23.1 Å². The van der Waals surface area contributed by atoms with Gasteiger partial charge in [0.25, 0.3) is 0 Å². The number of urea groups is 1. The summed E-state index contributed by atoms with van der Waals surface area (Å²) in [7, 11) is -3.30. The number of carbonyl (C=O) groups is 2. The van der Waals surface area contributed by atoms with E-state index in [2.05, 4.69) is 20.6 Å². The third-order valence-corrected chi connectivity index (χ3v) is 3.64. The number of amides is 2. The summed E-state index contributed by atoms with van der Waals surface area (Å²) in [4.78, 5) is 29.5. The van der Waals surface area contributed by atoms with Gasteiger partial charge in [0.2, 0.25) is 0 Å². The normalized spacial score (nSPS) is 14.2. The van der Waals surface area contributed by atoms with Crippen molar-refractivity contribution in [3.8, 4) is 0 Å². The third kappa shape index (κ3) is 6.25. The highest BCUT2D eigenvalue weighted by Gasteiger charge is 2.22. The molecule has 21 heavy (non-hydrogen) atoms.